The molecule has 0 aliphatic rings. The Kier molecular flexibility index (Phi) is 5.56. The molecule has 18 heavy (non-hydrogen) atoms. The van der Waals surface area contributed by atoms with E-state index in [-0.39, 0.29) is 5.82 Å². The van der Waals surface area contributed by atoms with Gasteiger partial charge >= 0.3 is 0 Å². The molecule has 0 heterocycles. The topological polar surface area (TPSA) is 32.5 Å². The number of nitrogen functional groups attached to an aromatic ring is 1. The Morgan fingerprint density at radius 2 is 2.00 bits per heavy atom. The molecule has 0 bridgehead atoms. The van der Waals surface area contributed by atoms with Crippen molar-refractivity contribution in [1.82, 2.24) is 9.80 Å². The standard InChI is InChI=1S/C14H24FN3/c1-5-18(11(2)9-17(3)4)10-12-8-13(15)6-7-14(12)16/h6-8,11H,5,9-10,16H2,1-4H3. The molecule has 0 saturated carbocycles. The first-order valence-electron chi connectivity index (χ1n) is 6.36. The number of hydrogen-bond donors (Lipinski definition) is 1. The molecule has 0 fully saturated rings. The van der Waals surface area contributed by atoms with Crippen LogP contribution in [0.25, 0.3) is 0 Å². The fraction of sp³-hybridized carbons (Fsp3) is 0.571. The Morgan fingerprint density at radius 3 is 2.56 bits per heavy atom. The van der Waals surface area contributed by atoms with Crippen molar-refractivity contribution in [3.8, 4) is 0 Å². The Morgan fingerprint density at radius 1 is 1.33 bits per heavy atom. The average molecular weight is 253 g/mol. The van der Waals surface area contributed by atoms with E-state index in [0.717, 1.165) is 18.7 Å². The fourth-order valence-electron chi connectivity index (χ4n) is 2.15. The highest BCUT2D eigenvalue weighted by molar-refractivity contribution is 5.46. The quantitative estimate of drug-likeness (QED) is 0.789. The zero-order chi connectivity index (χ0) is 13.7. The van der Waals surface area contributed by atoms with Crippen LogP contribution in [0.1, 0.15) is 19.4 Å². The van der Waals surface area contributed by atoms with Crippen molar-refractivity contribution in [1.29, 1.82) is 0 Å². The van der Waals surface area contributed by atoms with E-state index in [1.54, 1.807) is 6.07 Å². The summed E-state index contributed by atoms with van der Waals surface area (Å²) in [5, 5.41) is 0. The summed E-state index contributed by atoms with van der Waals surface area (Å²) in [6.45, 7) is 6.88. The van der Waals surface area contributed by atoms with Gasteiger partial charge in [-0.3, -0.25) is 4.90 Å². The molecule has 1 aromatic carbocycles. The Balaban J connectivity index is 2.76. The van der Waals surface area contributed by atoms with E-state index in [4.69, 9.17) is 5.73 Å². The predicted molar refractivity (Wildman–Crippen MR) is 74.9 cm³/mol. The van der Waals surface area contributed by atoms with Crippen LogP contribution in [0.2, 0.25) is 0 Å². The van der Waals surface area contributed by atoms with Gasteiger partial charge in [0, 0.05) is 24.8 Å². The van der Waals surface area contributed by atoms with Crippen LogP contribution in [0, 0.1) is 5.82 Å². The molecule has 2 N–H and O–H groups in total. The molecule has 0 aliphatic carbocycles. The van der Waals surface area contributed by atoms with Gasteiger partial charge in [0.05, 0.1) is 0 Å². The molecule has 1 rings (SSSR count). The third-order valence-corrected chi connectivity index (χ3v) is 3.14. The van der Waals surface area contributed by atoms with Crippen molar-refractivity contribution >= 4 is 5.69 Å². The maximum Gasteiger partial charge on any atom is 0.123 e. The molecule has 0 spiro atoms. The lowest BCUT2D eigenvalue weighted by Gasteiger charge is -2.30. The van der Waals surface area contributed by atoms with Crippen molar-refractivity contribution in [3.63, 3.8) is 0 Å². The number of benzene rings is 1. The molecule has 0 aromatic heterocycles. The average Bonchev–Trinajstić information content (AvgIpc) is 2.29. The van der Waals surface area contributed by atoms with Crippen LogP contribution < -0.4 is 5.73 Å². The van der Waals surface area contributed by atoms with Crippen molar-refractivity contribution in [2.24, 2.45) is 0 Å². The van der Waals surface area contributed by atoms with E-state index >= 15 is 0 Å². The first-order valence-corrected chi connectivity index (χ1v) is 6.36. The maximum absolute atomic E-state index is 13.2. The molecule has 4 heteroatoms. The van der Waals surface area contributed by atoms with Gasteiger partial charge < -0.3 is 10.6 Å². The Labute approximate surface area is 109 Å². The summed E-state index contributed by atoms with van der Waals surface area (Å²) in [5.41, 5.74) is 7.41. The van der Waals surface area contributed by atoms with Crippen LogP contribution in [0.3, 0.4) is 0 Å². The van der Waals surface area contributed by atoms with Crippen LogP contribution in [-0.4, -0.2) is 43.0 Å². The van der Waals surface area contributed by atoms with Gasteiger partial charge in [-0.25, -0.2) is 4.39 Å². The minimum absolute atomic E-state index is 0.226. The molecule has 1 aromatic rings. The van der Waals surface area contributed by atoms with E-state index in [0.29, 0.717) is 18.3 Å². The van der Waals surface area contributed by atoms with E-state index < -0.39 is 0 Å². The molecular weight excluding hydrogens is 229 g/mol. The van der Waals surface area contributed by atoms with Crippen LogP contribution in [0.4, 0.5) is 10.1 Å². The Bertz CT molecular complexity index is 379. The highest BCUT2D eigenvalue weighted by atomic mass is 19.1. The maximum atomic E-state index is 13.2. The van der Waals surface area contributed by atoms with E-state index in [1.165, 1.54) is 12.1 Å². The molecule has 1 atom stereocenters. The van der Waals surface area contributed by atoms with Gasteiger partial charge in [-0.05, 0) is 51.3 Å². The molecule has 0 saturated heterocycles. The number of hydrogen-bond acceptors (Lipinski definition) is 3. The second-order valence-corrected chi connectivity index (χ2v) is 5.02. The smallest absolute Gasteiger partial charge is 0.123 e. The summed E-state index contributed by atoms with van der Waals surface area (Å²) in [7, 11) is 4.11. The van der Waals surface area contributed by atoms with Gasteiger partial charge in [0.1, 0.15) is 5.82 Å². The first kappa shape index (κ1) is 14.9. The number of anilines is 1. The predicted octanol–water partition coefficient (Wildman–Crippen LogP) is 2.18. The molecular formula is C14H24FN3. The van der Waals surface area contributed by atoms with Crippen LogP contribution in [-0.2, 0) is 6.54 Å². The normalized spacial score (nSPS) is 13.3. The van der Waals surface area contributed by atoms with Crippen molar-refractivity contribution in [2.75, 3.05) is 32.9 Å². The highest BCUT2D eigenvalue weighted by Gasteiger charge is 2.14. The molecule has 3 nitrogen and oxygen atoms in total. The molecule has 0 radical (unpaired) electrons. The van der Waals surface area contributed by atoms with Crippen molar-refractivity contribution in [3.05, 3.63) is 29.6 Å². The summed E-state index contributed by atoms with van der Waals surface area (Å²) in [4.78, 5) is 4.45. The summed E-state index contributed by atoms with van der Waals surface area (Å²) in [6.07, 6.45) is 0. The first-order chi connectivity index (χ1) is 8.43. The summed E-state index contributed by atoms with van der Waals surface area (Å²) < 4.78 is 13.2. The van der Waals surface area contributed by atoms with Gasteiger partial charge in [0.2, 0.25) is 0 Å². The number of nitrogens with two attached hydrogens (primary N) is 1. The van der Waals surface area contributed by atoms with Gasteiger partial charge in [0.15, 0.2) is 0 Å². The van der Waals surface area contributed by atoms with E-state index in [9.17, 15) is 4.39 Å². The Hall–Kier alpha value is -1.13. The van der Waals surface area contributed by atoms with E-state index in [2.05, 4.69) is 37.7 Å². The number of halogens is 1. The third kappa shape index (κ3) is 4.27. The monoisotopic (exact) mass is 253 g/mol. The molecule has 1 unspecified atom stereocenters. The van der Waals surface area contributed by atoms with E-state index in [1.807, 2.05) is 0 Å². The second-order valence-electron chi connectivity index (χ2n) is 5.02. The molecule has 102 valence electrons. The minimum Gasteiger partial charge on any atom is -0.398 e. The molecule has 0 aliphatic heterocycles. The lowest BCUT2D eigenvalue weighted by molar-refractivity contribution is 0.174. The highest BCUT2D eigenvalue weighted by Crippen LogP contribution is 2.17. The van der Waals surface area contributed by atoms with Crippen LogP contribution in [0.15, 0.2) is 18.2 Å². The van der Waals surface area contributed by atoms with Gasteiger partial charge in [0.25, 0.3) is 0 Å². The summed E-state index contributed by atoms with van der Waals surface area (Å²) >= 11 is 0. The lowest BCUT2D eigenvalue weighted by Crippen LogP contribution is -2.39. The van der Waals surface area contributed by atoms with Gasteiger partial charge in [-0.15, -0.1) is 0 Å². The van der Waals surface area contributed by atoms with Crippen molar-refractivity contribution in [2.45, 2.75) is 26.4 Å². The van der Waals surface area contributed by atoms with Gasteiger partial charge in [-0.2, -0.15) is 0 Å². The summed E-state index contributed by atoms with van der Waals surface area (Å²) in [6, 6.07) is 4.97. The lowest BCUT2D eigenvalue weighted by atomic mass is 10.1. The zero-order valence-corrected chi connectivity index (χ0v) is 11.8. The molecule has 0 amide bonds. The largest absolute Gasteiger partial charge is 0.398 e. The van der Waals surface area contributed by atoms with Crippen LogP contribution >= 0.6 is 0 Å². The second kappa shape index (κ2) is 6.71. The van der Waals surface area contributed by atoms with Gasteiger partial charge in [-0.1, -0.05) is 6.92 Å². The SMILES string of the molecule is CCN(Cc1cc(F)ccc1N)C(C)CN(C)C. The van der Waals surface area contributed by atoms with Crippen molar-refractivity contribution < 1.29 is 4.39 Å². The third-order valence-electron chi connectivity index (χ3n) is 3.14. The fourth-order valence-corrected chi connectivity index (χ4v) is 2.15. The summed E-state index contributed by atoms with van der Waals surface area (Å²) in [5.74, 6) is -0.226. The number of rotatable bonds is 6. The number of likely N-dealkylation sites (N-methyl/N-ethyl adjacent to an activating group) is 2. The zero-order valence-electron chi connectivity index (χ0n) is 11.8. The minimum atomic E-state index is -0.226. The number of nitrogens with zero attached hydrogens (tertiary/aromatic N) is 2. The van der Waals surface area contributed by atoms with Crippen LogP contribution in [0.5, 0.6) is 0 Å².